The van der Waals surface area contributed by atoms with Crippen LogP contribution in [0.4, 0.5) is 0 Å². The van der Waals surface area contributed by atoms with Crippen LogP contribution in [0.2, 0.25) is 0 Å². The topological polar surface area (TPSA) is 57.2 Å². The Morgan fingerprint density at radius 1 is 1.25 bits per heavy atom. The van der Waals surface area contributed by atoms with Crippen molar-refractivity contribution in [2.45, 2.75) is 45.6 Å². The minimum Gasteiger partial charge on any atom is -0.497 e. The zero-order chi connectivity index (χ0) is 19.5. The average molecular weight is 502 g/mol. The molecule has 1 amide bonds. The van der Waals surface area contributed by atoms with Crippen molar-refractivity contribution >= 4 is 35.8 Å². The first-order valence-corrected chi connectivity index (χ1v) is 10.0. The molecule has 0 spiro atoms. The molecule has 0 aromatic heterocycles. The fourth-order valence-electron chi connectivity index (χ4n) is 3.27. The Morgan fingerprint density at radius 2 is 2.00 bits per heavy atom. The van der Waals surface area contributed by atoms with E-state index < -0.39 is 0 Å². The minimum absolute atomic E-state index is 0. The molecule has 0 saturated carbocycles. The summed E-state index contributed by atoms with van der Waals surface area (Å²) in [5.41, 5.74) is 1.21. The largest absolute Gasteiger partial charge is 0.497 e. The molecule has 6 nitrogen and oxygen atoms in total. The van der Waals surface area contributed by atoms with Crippen molar-refractivity contribution in [2.24, 2.45) is 4.99 Å². The molecule has 0 bridgehead atoms. The van der Waals surface area contributed by atoms with Crippen LogP contribution < -0.4 is 10.1 Å². The number of nitrogens with zero attached hydrogens (tertiary/aromatic N) is 3. The smallest absolute Gasteiger partial charge is 0.222 e. The van der Waals surface area contributed by atoms with Gasteiger partial charge in [-0.3, -0.25) is 9.79 Å². The van der Waals surface area contributed by atoms with Gasteiger partial charge in [0.15, 0.2) is 5.96 Å². The molecule has 1 aliphatic heterocycles. The molecule has 1 aromatic carbocycles. The SMILES string of the molecule is CCNC(=NCCCN1CCCCCC1=O)N(C)Cc1ccc(OC)cc1.I. The van der Waals surface area contributed by atoms with E-state index in [1.807, 2.05) is 24.1 Å². The van der Waals surface area contributed by atoms with Crippen molar-refractivity contribution in [3.63, 3.8) is 0 Å². The summed E-state index contributed by atoms with van der Waals surface area (Å²) in [7, 11) is 3.72. The number of methoxy groups -OCH3 is 1. The average Bonchev–Trinajstić information content (AvgIpc) is 2.89. The molecular weight excluding hydrogens is 467 g/mol. The summed E-state index contributed by atoms with van der Waals surface area (Å²) in [6.45, 7) is 6.12. The van der Waals surface area contributed by atoms with E-state index >= 15 is 0 Å². The van der Waals surface area contributed by atoms with Gasteiger partial charge in [0.2, 0.25) is 5.91 Å². The van der Waals surface area contributed by atoms with Gasteiger partial charge >= 0.3 is 0 Å². The van der Waals surface area contributed by atoms with Gasteiger partial charge in [-0.25, -0.2) is 0 Å². The summed E-state index contributed by atoms with van der Waals surface area (Å²) in [5.74, 6) is 2.07. The first kappa shape index (κ1) is 24.5. The molecule has 0 unspecified atom stereocenters. The number of guanidine groups is 1. The Morgan fingerprint density at radius 3 is 2.68 bits per heavy atom. The van der Waals surface area contributed by atoms with Crippen LogP contribution in [0.3, 0.4) is 0 Å². The number of halogens is 1. The van der Waals surface area contributed by atoms with Gasteiger partial charge in [0, 0.05) is 46.2 Å². The van der Waals surface area contributed by atoms with Gasteiger partial charge in [-0.2, -0.15) is 0 Å². The number of carbonyl (C=O) groups is 1. The Hall–Kier alpha value is -1.51. The maximum absolute atomic E-state index is 12.1. The summed E-state index contributed by atoms with van der Waals surface area (Å²) >= 11 is 0. The van der Waals surface area contributed by atoms with E-state index in [0.29, 0.717) is 12.3 Å². The lowest BCUT2D eigenvalue weighted by Crippen LogP contribution is -2.38. The van der Waals surface area contributed by atoms with Crippen molar-refractivity contribution in [1.82, 2.24) is 15.1 Å². The molecule has 1 N–H and O–H groups in total. The van der Waals surface area contributed by atoms with E-state index in [-0.39, 0.29) is 24.0 Å². The third kappa shape index (κ3) is 8.24. The maximum Gasteiger partial charge on any atom is 0.222 e. The highest BCUT2D eigenvalue weighted by Gasteiger charge is 2.15. The first-order valence-electron chi connectivity index (χ1n) is 10.0. The van der Waals surface area contributed by atoms with E-state index in [1.165, 1.54) is 12.0 Å². The quantitative estimate of drug-likeness (QED) is 0.256. The molecule has 1 heterocycles. The molecular formula is C21H35IN4O2. The second-order valence-electron chi connectivity index (χ2n) is 6.98. The molecule has 1 saturated heterocycles. The Bertz CT molecular complexity index is 607. The van der Waals surface area contributed by atoms with E-state index in [4.69, 9.17) is 9.73 Å². The summed E-state index contributed by atoms with van der Waals surface area (Å²) in [6, 6.07) is 8.10. The molecule has 1 fully saturated rings. The van der Waals surface area contributed by atoms with Crippen molar-refractivity contribution in [2.75, 3.05) is 40.3 Å². The van der Waals surface area contributed by atoms with Crippen molar-refractivity contribution in [3.8, 4) is 5.75 Å². The fourth-order valence-corrected chi connectivity index (χ4v) is 3.27. The zero-order valence-electron chi connectivity index (χ0n) is 17.4. The Kier molecular flexibility index (Phi) is 11.9. The minimum atomic E-state index is 0. The van der Waals surface area contributed by atoms with Crippen LogP contribution in [0.5, 0.6) is 5.75 Å². The summed E-state index contributed by atoms with van der Waals surface area (Å²) in [5, 5.41) is 3.35. The van der Waals surface area contributed by atoms with Gasteiger partial charge in [-0.05, 0) is 43.9 Å². The second-order valence-corrected chi connectivity index (χ2v) is 6.98. The summed E-state index contributed by atoms with van der Waals surface area (Å²) in [4.78, 5) is 20.9. The standard InChI is InChI=1S/C21H34N4O2.HI/c1-4-22-21(24(2)17-18-10-12-19(27-3)13-11-18)23-14-8-16-25-15-7-5-6-9-20(25)26;/h10-13H,4-9,14-17H2,1-3H3,(H,22,23);1H. The molecule has 1 aromatic rings. The number of hydrogen-bond acceptors (Lipinski definition) is 3. The maximum atomic E-state index is 12.1. The van der Waals surface area contributed by atoms with Crippen LogP contribution in [0.15, 0.2) is 29.3 Å². The molecule has 0 radical (unpaired) electrons. The molecule has 7 heteroatoms. The highest BCUT2D eigenvalue weighted by Crippen LogP contribution is 2.13. The van der Waals surface area contributed by atoms with E-state index in [9.17, 15) is 4.79 Å². The molecule has 28 heavy (non-hydrogen) atoms. The predicted octanol–water partition coefficient (Wildman–Crippen LogP) is 3.50. The number of benzene rings is 1. The number of hydrogen-bond donors (Lipinski definition) is 1. The predicted molar refractivity (Wildman–Crippen MR) is 126 cm³/mol. The van der Waals surface area contributed by atoms with Gasteiger partial charge in [0.05, 0.1) is 7.11 Å². The molecule has 158 valence electrons. The number of ether oxygens (including phenoxy) is 1. The van der Waals surface area contributed by atoms with Crippen molar-refractivity contribution < 1.29 is 9.53 Å². The Balaban J connectivity index is 0.00000392. The lowest BCUT2D eigenvalue weighted by Gasteiger charge is -2.23. The molecule has 1 aliphatic rings. The highest BCUT2D eigenvalue weighted by molar-refractivity contribution is 14.0. The number of amides is 1. The van der Waals surface area contributed by atoms with Crippen LogP contribution in [0.25, 0.3) is 0 Å². The molecule has 2 rings (SSSR count). The number of carbonyl (C=O) groups excluding carboxylic acids is 1. The fraction of sp³-hybridized carbons (Fsp3) is 0.619. The Labute approximate surface area is 186 Å². The summed E-state index contributed by atoms with van der Waals surface area (Å²) in [6.07, 6.45) is 4.94. The van der Waals surface area contributed by atoms with Crippen molar-refractivity contribution in [1.29, 1.82) is 0 Å². The molecule has 0 aliphatic carbocycles. The number of aliphatic imine (C=N–C) groups is 1. The van der Waals surface area contributed by atoms with Crippen molar-refractivity contribution in [3.05, 3.63) is 29.8 Å². The van der Waals surface area contributed by atoms with E-state index in [2.05, 4.69) is 29.3 Å². The van der Waals surface area contributed by atoms with Crippen LogP contribution in [0, 0.1) is 0 Å². The van der Waals surface area contributed by atoms with Gasteiger partial charge in [0.1, 0.15) is 5.75 Å². The normalized spacial score (nSPS) is 14.9. The van der Waals surface area contributed by atoms with Gasteiger partial charge in [0.25, 0.3) is 0 Å². The van der Waals surface area contributed by atoms with Crippen LogP contribution >= 0.6 is 24.0 Å². The zero-order valence-corrected chi connectivity index (χ0v) is 19.8. The van der Waals surface area contributed by atoms with Crippen LogP contribution in [0.1, 0.15) is 44.6 Å². The third-order valence-corrected chi connectivity index (χ3v) is 4.79. The lowest BCUT2D eigenvalue weighted by molar-refractivity contribution is -0.130. The van der Waals surface area contributed by atoms with E-state index in [0.717, 1.165) is 63.7 Å². The third-order valence-electron chi connectivity index (χ3n) is 4.79. The second kappa shape index (κ2) is 13.6. The van der Waals surface area contributed by atoms with Gasteiger partial charge in [-0.1, -0.05) is 18.6 Å². The monoisotopic (exact) mass is 502 g/mol. The highest BCUT2D eigenvalue weighted by atomic mass is 127. The van der Waals surface area contributed by atoms with Crippen LogP contribution in [-0.4, -0.2) is 62.0 Å². The lowest BCUT2D eigenvalue weighted by atomic mass is 10.2. The number of nitrogens with one attached hydrogen (secondary N) is 1. The molecule has 0 atom stereocenters. The van der Waals surface area contributed by atoms with Gasteiger partial charge < -0.3 is 19.9 Å². The first-order chi connectivity index (χ1) is 13.1. The number of rotatable bonds is 8. The van der Waals surface area contributed by atoms with Gasteiger partial charge in [-0.15, -0.1) is 24.0 Å². The summed E-state index contributed by atoms with van der Waals surface area (Å²) < 4.78 is 5.21. The van der Waals surface area contributed by atoms with E-state index in [1.54, 1.807) is 7.11 Å². The van der Waals surface area contributed by atoms with Crippen LogP contribution in [-0.2, 0) is 11.3 Å². The number of likely N-dealkylation sites (tertiary alicyclic amines) is 1.